The van der Waals surface area contributed by atoms with Gasteiger partial charge < -0.3 is 19.6 Å². The Hall–Kier alpha value is -2.69. The average molecular weight is 437 g/mol. The molecule has 0 aromatic carbocycles. The fourth-order valence-electron chi connectivity index (χ4n) is 3.15. The van der Waals surface area contributed by atoms with Crippen LogP contribution in [0.5, 0.6) is 0 Å². The first kappa shape index (κ1) is 19.6. The number of carbonyl (C=O) groups excluding carboxylic acids is 1. The molecule has 3 aromatic heterocycles. The number of aliphatic hydroxyl groups is 1. The van der Waals surface area contributed by atoms with Gasteiger partial charge in [0.15, 0.2) is 11.5 Å². The Bertz CT molecular complexity index is 1050. The molecule has 1 aliphatic heterocycles. The lowest BCUT2D eigenvalue weighted by atomic mass is 10.1. The van der Waals surface area contributed by atoms with Crippen molar-refractivity contribution in [2.24, 2.45) is 0 Å². The summed E-state index contributed by atoms with van der Waals surface area (Å²) >= 11 is 7.27. The number of rotatable bonds is 5. The first-order chi connectivity index (χ1) is 13.9. The maximum absolute atomic E-state index is 12.7. The van der Waals surface area contributed by atoms with Crippen LogP contribution in [0.3, 0.4) is 0 Å². The van der Waals surface area contributed by atoms with E-state index in [-0.39, 0.29) is 23.8 Å². The van der Waals surface area contributed by atoms with Crippen molar-refractivity contribution in [3.8, 4) is 10.6 Å². The molecule has 4 heterocycles. The lowest BCUT2D eigenvalue weighted by Crippen LogP contribution is -2.40. The summed E-state index contributed by atoms with van der Waals surface area (Å²) in [4.78, 5) is 26.7. The van der Waals surface area contributed by atoms with E-state index in [1.165, 1.54) is 22.1 Å². The minimum Gasteiger partial charge on any atom is -0.477 e. The Balaban J connectivity index is 1.55. The number of hydrogen-bond acceptors (Lipinski definition) is 7. The number of hydrogen-bond donors (Lipinski definition) is 2. The highest BCUT2D eigenvalue weighted by molar-refractivity contribution is 7.19. The van der Waals surface area contributed by atoms with Crippen molar-refractivity contribution in [2.45, 2.75) is 25.5 Å². The Morgan fingerprint density at radius 3 is 2.69 bits per heavy atom. The van der Waals surface area contributed by atoms with Crippen molar-refractivity contribution >= 4 is 34.8 Å². The second-order valence-corrected chi connectivity index (χ2v) is 8.40. The number of likely N-dealkylation sites (tertiary alicyclic amines) is 1. The second-order valence-electron chi connectivity index (χ2n) is 6.69. The number of thiophene rings is 1. The molecule has 4 rings (SSSR count). The smallest absolute Gasteiger partial charge is 0.354 e. The predicted octanol–water partition coefficient (Wildman–Crippen LogP) is 2.60. The van der Waals surface area contributed by atoms with E-state index in [0.717, 1.165) is 4.88 Å². The van der Waals surface area contributed by atoms with Crippen LogP contribution in [0.2, 0.25) is 4.34 Å². The number of piperidine rings is 1. The van der Waals surface area contributed by atoms with E-state index in [1.54, 1.807) is 23.1 Å². The van der Waals surface area contributed by atoms with Gasteiger partial charge in [-0.05, 0) is 25.0 Å². The van der Waals surface area contributed by atoms with Gasteiger partial charge in [-0.2, -0.15) is 5.10 Å². The monoisotopic (exact) mass is 436 g/mol. The first-order valence-electron chi connectivity index (χ1n) is 8.90. The van der Waals surface area contributed by atoms with E-state index in [4.69, 9.17) is 16.1 Å². The zero-order valence-electron chi connectivity index (χ0n) is 15.1. The van der Waals surface area contributed by atoms with Crippen LogP contribution in [0.25, 0.3) is 10.6 Å². The van der Waals surface area contributed by atoms with Crippen molar-refractivity contribution < 1.29 is 24.3 Å². The number of aliphatic hydroxyl groups excluding tert-OH is 1. The molecule has 1 amide bonds. The zero-order valence-corrected chi connectivity index (χ0v) is 16.7. The molecule has 1 fully saturated rings. The Morgan fingerprint density at radius 2 is 2.03 bits per heavy atom. The largest absolute Gasteiger partial charge is 0.477 e. The molecular formula is C18H17ClN4O5S. The minimum atomic E-state index is -1.20. The van der Waals surface area contributed by atoms with Gasteiger partial charge in [0.1, 0.15) is 11.4 Å². The van der Waals surface area contributed by atoms with Crippen LogP contribution in [0, 0.1) is 0 Å². The lowest BCUT2D eigenvalue weighted by molar-refractivity contribution is 0.0540. The van der Waals surface area contributed by atoms with Gasteiger partial charge in [-0.1, -0.05) is 16.8 Å². The van der Waals surface area contributed by atoms with Gasteiger partial charge in [0.2, 0.25) is 0 Å². The van der Waals surface area contributed by atoms with Gasteiger partial charge in [-0.15, -0.1) is 11.3 Å². The van der Waals surface area contributed by atoms with Crippen LogP contribution in [-0.4, -0.2) is 61.1 Å². The molecule has 0 radical (unpaired) electrons. The van der Waals surface area contributed by atoms with Crippen LogP contribution < -0.4 is 0 Å². The molecule has 29 heavy (non-hydrogen) atoms. The molecule has 3 aromatic rings. The normalized spacial score (nSPS) is 15.0. The molecule has 152 valence electrons. The van der Waals surface area contributed by atoms with E-state index < -0.39 is 12.1 Å². The third kappa shape index (κ3) is 4.19. The van der Waals surface area contributed by atoms with Crippen molar-refractivity contribution in [1.29, 1.82) is 0 Å². The summed E-state index contributed by atoms with van der Waals surface area (Å²) in [5.41, 5.74) is 0.400. The number of carbonyl (C=O) groups is 2. The summed E-state index contributed by atoms with van der Waals surface area (Å²) in [6, 6.07) is 6.50. The number of carboxylic acids is 1. The molecule has 11 heteroatoms. The van der Waals surface area contributed by atoms with Crippen molar-refractivity contribution in [3.05, 3.63) is 45.7 Å². The molecule has 0 atom stereocenters. The van der Waals surface area contributed by atoms with E-state index in [2.05, 4.69) is 10.3 Å². The third-order valence-corrected chi connectivity index (χ3v) is 5.90. The summed E-state index contributed by atoms with van der Waals surface area (Å²) in [6.07, 6.45) is 0.574. The highest BCUT2D eigenvalue weighted by Crippen LogP contribution is 2.31. The van der Waals surface area contributed by atoms with E-state index in [9.17, 15) is 19.8 Å². The maximum Gasteiger partial charge on any atom is 0.354 e. The molecule has 1 saturated heterocycles. The number of carboxylic acid groups (broad SMARTS) is 1. The predicted molar refractivity (Wildman–Crippen MR) is 104 cm³/mol. The van der Waals surface area contributed by atoms with E-state index in [0.29, 0.717) is 41.7 Å². The Morgan fingerprint density at radius 1 is 1.28 bits per heavy atom. The van der Waals surface area contributed by atoms with Gasteiger partial charge in [-0.25, -0.2) is 4.79 Å². The highest BCUT2D eigenvalue weighted by Gasteiger charge is 2.26. The van der Waals surface area contributed by atoms with Crippen LogP contribution in [0.4, 0.5) is 0 Å². The summed E-state index contributed by atoms with van der Waals surface area (Å²) in [5, 5.41) is 27.2. The van der Waals surface area contributed by atoms with E-state index >= 15 is 0 Å². The van der Waals surface area contributed by atoms with Crippen molar-refractivity contribution in [3.63, 3.8) is 0 Å². The van der Waals surface area contributed by atoms with Crippen molar-refractivity contribution in [1.82, 2.24) is 19.8 Å². The van der Waals surface area contributed by atoms with Gasteiger partial charge in [-0.3, -0.25) is 9.48 Å². The molecule has 1 aliphatic rings. The maximum atomic E-state index is 12.7. The number of amides is 1. The molecule has 9 nitrogen and oxygen atoms in total. The highest BCUT2D eigenvalue weighted by atomic mass is 35.5. The van der Waals surface area contributed by atoms with Gasteiger partial charge in [0.05, 0.1) is 21.9 Å². The SMILES string of the molecule is O=C(O)c1cc(C(=O)N2CCC(O)CC2)nn1Cc1cc(-c2ccc(Cl)s2)on1. The molecule has 0 unspecified atom stereocenters. The Kier molecular flexibility index (Phi) is 5.39. The molecule has 2 N–H and O–H groups in total. The van der Waals surface area contributed by atoms with Gasteiger partial charge in [0, 0.05) is 25.2 Å². The molecule has 0 spiro atoms. The molecular weight excluding hydrogens is 420 g/mol. The fraction of sp³-hybridized carbons (Fsp3) is 0.333. The molecule has 0 bridgehead atoms. The van der Waals surface area contributed by atoms with Crippen LogP contribution in [0.1, 0.15) is 39.5 Å². The van der Waals surface area contributed by atoms with Crippen LogP contribution in [-0.2, 0) is 6.54 Å². The standard InChI is InChI=1S/C18H17ClN4O5S/c19-16-2-1-15(29-16)14-7-10(21-28-14)9-23-13(18(26)27)8-12(20-23)17(25)22-5-3-11(24)4-6-22/h1-2,7-8,11,24H,3-6,9H2,(H,26,27). The van der Waals surface area contributed by atoms with Crippen LogP contribution in [0.15, 0.2) is 28.8 Å². The summed E-state index contributed by atoms with van der Waals surface area (Å²) < 4.78 is 7.15. The first-order valence-corrected chi connectivity index (χ1v) is 10.1. The lowest BCUT2D eigenvalue weighted by Gasteiger charge is -2.28. The number of aromatic carboxylic acids is 1. The topological polar surface area (TPSA) is 122 Å². The summed E-state index contributed by atoms with van der Waals surface area (Å²) in [5.74, 6) is -1.03. The van der Waals surface area contributed by atoms with Crippen molar-refractivity contribution in [2.75, 3.05) is 13.1 Å². The number of nitrogens with zero attached hydrogens (tertiary/aromatic N) is 4. The molecule has 0 aliphatic carbocycles. The zero-order chi connectivity index (χ0) is 20.5. The fourth-order valence-corrected chi connectivity index (χ4v) is 4.14. The van der Waals surface area contributed by atoms with Gasteiger partial charge in [0.25, 0.3) is 5.91 Å². The van der Waals surface area contributed by atoms with E-state index in [1.807, 2.05) is 0 Å². The van der Waals surface area contributed by atoms with Crippen LogP contribution >= 0.6 is 22.9 Å². The summed E-state index contributed by atoms with van der Waals surface area (Å²) in [6.45, 7) is 0.854. The quantitative estimate of drug-likeness (QED) is 0.630. The van der Waals surface area contributed by atoms with Gasteiger partial charge >= 0.3 is 5.97 Å². The minimum absolute atomic E-state index is 0.0379. The second kappa shape index (κ2) is 7.97. The number of aromatic nitrogens is 3. The number of halogens is 1. The molecule has 0 saturated carbocycles. The average Bonchev–Trinajstić information content (AvgIpc) is 3.42. The third-order valence-electron chi connectivity index (χ3n) is 4.66. The Labute approximate surface area is 174 Å². The summed E-state index contributed by atoms with van der Waals surface area (Å²) in [7, 11) is 0.